The summed E-state index contributed by atoms with van der Waals surface area (Å²) in [4.78, 5) is 9.00. The van der Waals surface area contributed by atoms with E-state index in [-0.39, 0.29) is 80.9 Å². The van der Waals surface area contributed by atoms with Crippen LogP contribution in [-0.4, -0.2) is 87.0 Å². The van der Waals surface area contributed by atoms with Gasteiger partial charge in [-0.1, -0.05) is 0 Å². The van der Waals surface area contributed by atoms with Crippen molar-refractivity contribution in [1.82, 2.24) is 0 Å². The van der Waals surface area contributed by atoms with Crippen molar-refractivity contribution in [2.75, 3.05) is 0 Å². The number of carbonyl (C=O) groups excluding carboxylic acids is 1. The van der Waals surface area contributed by atoms with E-state index in [2.05, 4.69) is 11.5 Å². The fraction of sp³-hybridized carbons (Fsp3) is 0. The zero-order valence-corrected chi connectivity index (χ0v) is 2.06. The summed E-state index contributed by atoms with van der Waals surface area (Å²) in [6.45, 7) is 0. The van der Waals surface area contributed by atoms with Crippen LogP contribution in [0.5, 0.6) is 0 Å². The van der Waals surface area contributed by atoms with Gasteiger partial charge in [-0.2, -0.15) is 0 Å². The summed E-state index contributed by atoms with van der Waals surface area (Å²) >= 11 is 0. The Morgan fingerprint density at radius 1 is 1.33 bits per heavy atom. The summed E-state index contributed by atoms with van der Waals surface area (Å²) in [5.74, 6) is 0. The van der Waals surface area contributed by atoms with Gasteiger partial charge in [0.2, 0.25) is 0 Å². The van der Waals surface area contributed by atoms with Crippen LogP contribution in [0, 0.1) is 0 Å². The molecule has 0 fully saturated rings. The van der Waals surface area contributed by atoms with Gasteiger partial charge in [-0.3, -0.25) is 0 Å². The minimum atomic E-state index is -0.833. The van der Waals surface area contributed by atoms with E-state index in [1.165, 1.54) is 0 Å². The first kappa shape index (κ1) is 15.7. The second-order valence-corrected chi connectivity index (χ2v) is 0.402. The molecule has 28 valence electrons. The van der Waals surface area contributed by atoms with Crippen LogP contribution in [0.15, 0.2) is 0 Å². The summed E-state index contributed by atoms with van der Waals surface area (Å²) < 4.78 is 0. The molecular formula is CH6KN2NaO. The number of amides is 2. The molecule has 0 aromatic carbocycles. The topological polar surface area (TPSA) is 69.1 Å². The van der Waals surface area contributed by atoms with E-state index < -0.39 is 6.03 Å². The second kappa shape index (κ2) is 10.0. The van der Waals surface area contributed by atoms with Crippen LogP contribution in [0.3, 0.4) is 0 Å². The third-order valence-electron chi connectivity index (χ3n) is 0. The maximum absolute atomic E-state index is 9.00. The van der Waals surface area contributed by atoms with Gasteiger partial charge < -0.3 is 11.5 Å². The van der Waals surface area contributed by atoms with Gasteiger partial charge in [-0.05, 0) is 0 Å². The molecule has 6 heavy (non-hydrogen) atoms. The predicted octanol–water partition coefficient (Wildman–Crippen LogP) is -2.27. The quantitative estimate of drug-likeness (QED) is 0.351. The van der Waals surface area contributed by atoms with E-state index in [0.717, 1.165) is 0 Å². The fourth-order valence-electron chi connectivity index (χ4n) is 0. The van der Waals surface area contributed by atoms with Gasteiger partial charge in [0, 0.05) is 0 Å². The maximum atomic E-state index is 9.00. The Balaban J connectivity index is -0.0000000450. The second-order valence-electron chi connectivity index (χ2n) is 0.402. The van der Waals surface area contributed by atoms with Crippen LogP contribution in [-0.2, 0) is 0 Å². The van der Waals surface area contributed by atoms with E-state index in [0.29, 0.717) is 0 Å². The minimum absolute atomic E-state index is 0. The number of hydrogen-bond acceptors (Lipinski definition) is 1. The van der Waals surface area contributed by atoms with Crippen molar-refractivity contribution in [2.24, 2.45) is 11.5 Å². The summed E-state index contributed by atoms with van der Waals surface area (Å²) in [6, 6.07) is -0.833. The molecule has 0 aromatic heterocycles. The monoisotopic (exact) mass is 124 g/mol. The molecule has 0 unspecified atom stereocenters. The Morgan fingerprint density at radius 2 is 1.33 bits per heavy atom. The van der Waals surface area contributed by atoms with Crippen molar-refractivity contribution in [3.05, 3.63) is 0 Å². The van der Waals surface area contributed by atoms with Gasteiger partial charge in [-0.15, -0.1) is 0 Å². The standard InChI is InChI=1S/CH4N2O.K.Na.2H/c2-1(3)4;;;;/h(H4,2,3,4);;;;. The zero-order valence-electron chi connectivity index (χ0n) is 2.06. The zero-order chi connectivity index (χ0) is 3.58. The first-order valence-electron chi connectivity index (χ1n) is 0.781. The first-order chi connectivity index (χ1) is 1.73. The summed E-state index contributed by atoms with van der Waals surface area (Å²) in [5.41, 5.74) is 8.50. The van der Waals surface area contributed by atoms with Crippen molar-refractivity contribution in [3.63, 3.8) is 0 Å². The molecule has 0 aromatic rings. The molecule has 0 saturated carbocycles. The van der Waals surface area contributed by atoms with Crippen LogP contribution in [0.1, 0.15) is 0 Å². The van der Waals surface area contributed by atoms with Gasteiger partial charge in [0.05, 0.1) is 0 Å². The Labute approximate surface area is 101 Å². The molecule has 0 aliphatic rings. The normalized spacial score (nSPS) is 4.00. The van der Waals surface area contributed by atoms with Crippen molar-refractivity contribution in [2.45, 2.75) is 0 Å². The molecule has 3 nitrogen and oxygen atoms in total. The molecule has 0 radical (unpaired) electrons. The summed E-state index contributed by atoms with van der Waals surface area (Å²) in [5, 5.41) is 0. The van der Waals surface area contributed by atoms with Crippen LogP contribution >= 0.6 is 0 Å². The molecule has 0 heterocycles. The molecule has 5 heteroatoms. The molecule has 0 aliphatic carbocycles. The van der Waals surface area contributed by atoms with E-state index in [1.807, 2.05) is 0 Å². The Hall–Kier alpha value is 1.91. The van der Waals surface area contributed by atoms with Gasteiger partial charge >= 0.3 is 87.0 Å². The van der Waals surface area contributed by atoms with Crippen molar-refractivity contribution in [1.29, 1.82) is 0 Å². The van der Waals surface area contributed by atoms with E-state index in [9.17, 15) is 0 Å². The average Bonchev–Trinajstić information content (AvgIpc) is 0.811. The Bertz CT molecular complexity index is 36.5. The molecular weight excluding hydrogens is 118 g/mol. The van der Waals surface area contributed by atoms with Gasteiger partial charge in [0.25, 0.3) is 0 Å². The van der Waals surface area contributed by atoms with Crippen LogP contribution in [0.25, 0.3) is 0 Å². The molecule has 0 spiro atoms. The average molecular weight is 124 g/mol. The third-order valence-corrected chi connectivity index (χ3v) is 0. The molecule has 2 amide bonds. The van der Waals surface area contributed by atoms with E-state index >= 15 is 0 Å². The molecule has 0 aliphatic heterocycles. The molecule has 0 bridgehead atoms. The third kappa shape index (κ3) is 39.1. The Morgan fingerprint density at radius 3 is 1.33 bits per heavy atom. The van der Waals surface area contributed by atoms with Gasteiger partial charge in [0.15, 0.2) is 0 Å². The van der Waals surface area contributed by atoms with Crippen LogP contribution in [0.2, 0.25) is 0 Å². The molecule has 0 atom stereocenters. The number of urea groups is 1. The van der Waals surface area contributed by atoms with Crippen molar-refractivity contribution >= 4 is 87.0 Å². The SMILES string of the molecule is NC(N)=O.[KH].[NaH]. The van der Waals surface area contributed by atoms with Crippen LogP contribution in [0.4, 0.5) is 4.79 Å². The number of hydrogen-bond donors (Lipinski definition) is 2. The van der Waals surface area contributed by atoms with Crippen molar-refractivity contribution < 1.29 is 4.79 Å². The Kier molecular flexibility index (Phi) is 26.1. The number of rotatable bonds is 0. The van der Waals surface area contributed by atoms with Gasteiger partial charge in [0.1, 0.15) is 0 Å². The fourth-order valence-corrected chi connectivity index (χ4v) is 0. The number of primary amides is 2. The van der Waals surface area contributed by atoms with Crippen molar-refractivity contribution in [3.8, 4) is 0 Å². The number of nitrogens with two attached hydrogens (primary N) is 2. The first-order valence-corrected chi connectivity index (χ1v) is 0.781. The van der Waals surface area contributed by atoms with Crippen LogP contribution < -0.4 is 11.5 Å². The molecule has 0 saturated heterocycles. The predicted molar refractivity (Wildman–Crippen MR) is 28.1 cm³/mol. The summed E-state index contributed by atoms with van der Waals surface area (Å²) in [7, 11) is 0. The van der Waals surface area contributed by atoms with Gasteiger partial charge in [-0.25, -0.2) is 4.79 Å². The van der Waals surface area contributed by atoms with E-state index in [4.69, 9.17) is 4.79 Å². The summed E-state index contributed by atoms with van der Waals surface area (Å²) in [6.07, 6.45) is 0. The van der Waals surface area contributed by atoms with E-state index in [1.54, 1.807) is 0 Å². The number of carbonyl (C=O) groups is 1. The molecule has 0 rings (SSSR count). The molecule has 4 N–H and O–H groups in total.